The van der Waals surface area contributed by atoms with E-state index in [1.807, 2.05) is 0 Å². The molecule has 0 radical (unpaired) electrons. The molecular weight excluding hydrogens is 316 g/mol. The summed E-state index contributed by atoms with van der Waals surface area (Å²) in [6.07, 6.45) is 15.6. The minimum Gasteiger partial charge on any atom is -0.300 e. The zero-order chi connectivity index (χ0) is 18.5. The quantitative estimate of drug-likeness (QED) is 0.497. The summed E-state index contributed by atoms with van der Waals surface area (Å²) in [5.74, 6) is 5.85. The summed E-state index contributed by atoms with van der Waals surface area (Å²) >= 11 is 0. The molecule has 0 saturated heterocycles. The lowest BCUT2D eigenvalue weighted by Gasteiger charge is -2.55. The van der Waals surface area contributed by atoms with Crippen LogP contribution in [0.4, 0.5) is 0 Å². The second-order valence-corrected chi connectivity index (χ2v) is 11.7. The normalized spacial score (nSPS) is 42.8. The van der Waals surface area contributed by atoms with Gasteiger partial charge in [0.2, 0.25) is 0 Å². The van der Waals surface area contributed by atoms with E-state index in [2.05, 4.69) is 27.7 Å². The van der Waals surface area contributed by atoms with Gasteiger partial charge in [-0.3, -0.25) is 4.79 Å². The molecule has 6 fully saturated rings. The molecule has 6 rings (SSSR count). The second kappa shape index (κ2) is 6.93. The van der Waals surface area contributed by atoms with Crippen molar-refractivity contribution in [1.29, 1.82) is 0 Å². The summed E-state index contributed by atoms with van der Waals surface area (Å²) < 4.78 is 0. The van der Waals surface area contributed by atoms with Crippen molar-refractivity contribution in [3.63, 3.8) is 0 Å². The van der Waals surface area contributed by atoms with Gasteiger partial charge in [0.05, 0.1) is 0 Å². The number of ketones is 1. The Bertz CT molecular complexity index is 468. The molecule has 0 N–H and O–H groups in total. The third kappa shape index (κ3) is 3.20. The molecule has 6 aliphatic rings. The topological polar surface area (TPSA) is 17.1 Å². The molecule has 0 heterocycles. The number of hydrogen-bond acceptors (Lipinski definition) is 1. The van der Waals surface area contributed by atoms with Crippen LogP contribution in [0, 0.1) is 46.3 Å². The van der Waals surface area contributed by atoms with Crippen molar-refractivity contribution in [2.24, 2.45) is 46.3 Å². The number of Topliss-reactive ketones (excluding diaryl/α,β-unsaturated/α-hetero) is 1. The highest BCUT2D eigenvalue weighted by Crippen LogP contribution is 2.58. The van der Waals surface area contributed by atoms with Crippen LogP contribution >= 0.6 is 0 Å². The van der Waals surface area contributed by atoms with Crippen LogP contribution in [-0.4, -0.2) is 5.78 Å². The van der Waals surface area contributed by atoms with E-state index in [9.17, 15) is 4.79 Å². The lowest BCUT2D eigenvalue weighted by molar-refractivity contribution is -0.122. The predicted octanol–water partition coefficient (Wildman–Crippen LogP) is 7.04. The summed E-state index contributed by atoms with van der Waals surface area (Å²) in [4.78, 5) is 12.8. The van der Waals surface area contributed by atoms with Gasteiger partial charge in [0.25, 0.3) is 0 Å². The minimum absolute atomic E-state index is 0.478. The van der Waals surface area contributed by atoms with Crippen molar-refractivity contribution in [1.82, 2.24) is 0 Å². The highest BCUT2D eigenvalue weighted by molar-refractivity contribution is 5.78. The Hall–Kier alpha value is -0.330. The first kappa shape index (κ1) is 19.0. The zero-order valence-electron chi connectivity index (χ0n) is 17.9. The molecule has 0 aromatic rings. The van der Waals surface area contributed by atoms with E-state index < -0.39 is 0 Å². The van der Waals surface area contributed by atoms with E-state index in [1.54, 1.807) is 0 Å². The van der Waals surface area contributed by atoms with Gasteiger partial charge in [0, 0.05) is 12.8 Å². The monoisotopic (exact) mass is 358 g/mol. The van der Waals surface area contributed by atoms with Gasteiger partial charge in [-0.2, -0.15) is 0 Å². The molecule has 0 amide bonds. The maximum atomic E-state index is 12.8. The lowest BCUT2D eigenvalue weighted by Crippen LogP contribution is -2.46. The van der Waals surface area contributed by atoms with Gasteiger partial charge < -0.3 is 0 Å². The van der Waals surface area contributed by atoms with Crippen molar-refractivity contribution in [2.75, 3.05) is 0 Å². The number of carbonyl (C=O) groups excluding carboxylic acids is 1. The SMILES string of the molecule is CC1(C)C2CCC(CC2)C1CCC(=O)CCC1C2CCC(CC2)C1(C)C. The summed E-state index contributed by atoms with van der Waals surface area (Å²) in [6, 6.07) is 0. The number of hydrogen-bond donors (Lipinski definition) is 0. The molecule has 1 heteroatoms. The van der Waals surface area contributed by atoms with E-state index in [0.717, 1.165) is 48.3 Å². The second-order valence-electron chi connectivity index (χ2n) is 11.7. The average molecular weight is 359 g/mol. The summed E-state index contributed by atoms with van der Waals surface area (Å²) in [6.45, 7) is 10.00. The first-order chi connectivity index (χ1) is 12.3. The molecule has 2 atom stereocenters. The summed E-state index contributed by atoms with van der Waals surface area (Å²) in [5.41, 5.74) is 0.956. The van der Waals surface area contributed by atoms with Crippen molar-refractivity contribution in [3.8, 4) is 0 Å². The van der Waals surface area contributed by atoms with Gasteiger partial charge in [0.1, 0.15) is 5.78 Å². The molecular formula is C25H42O. The molecule has 2 unspecified atom stereocenters. The van der Waals surface area contributed by atoms with Crippen LogP contribution in [0.25, 0.3) is 0 Å². The highest BCUT2D eigenvalue weighted by atomic mass is 16.1. The average Bonchev–Trinajstić information content (AvgIpc) is 2.61. The molecule has 1 nitrogen and oxygen atoms in total. The molecule has 0 aliphatic heterocycles. The van der Waals surface area contributed by atoms with Crippen LogP contribution in [0.2, 0.25) is 0 Å². The molecule has 0 aromatic heterocycles. The first-order valence-corrected chi connectivity index (χ1v) is 11.8. The zero-order valence-corrected chi connectivity index (χ0v) is 17.9. The van der Waals surface area contributed by atoms with Gasteiger partial charge >= 0.3 is 0 Å². The Morgan fingerprint density at radius 2 is 1.00 bits per heavy atom. The Morgan fingerprint density at radius 3 is 1.31 bits per heavy atom. The minimum atomic E-state index is 0.478. The van der Waals surface area contributed by atoms with E-state index in [-0.39, 0.29) is 0 Å². The summed E-state index contributed by atoms with van der Waals surface area (Å²) in [7, 11) is 0. The smallest absolute Gasteiger partial charge is 0.132 e. The van der Waals surface area contributed by atoms with Gasteiger partial charge in [-0.05, 0) is 111 Å². The van der Waals surface area contributed by atoms with E-state index >= 15 is 0 Å². The highest BCUT2D eigenvalue weighted by Gasteiger charge is 2.49. The Balaban J connectivity index is 1.28. The number of fused-ring (bicyclic) bond motifs is 6. The molecule has 6 saturated carbocycles. The van der Waals surface area contributed by atoms with Crippen LogP contribution in [0.1, 0.15) is 105 Å². The maximum Gasteiger partial charge on any atom is 0.132 e. The standard InChI is InChI=1S/C25H42O/c1-24(2)19-9-5-17(6-10-19)22(24)15-13-21(26)14-16-23-18-7-11-20(12-8-18)25(23,3)4/h17-20,22-23H,5-16H2,1-4H3. The molecule has 148 valence electrons. The van der Waals surface area contributed by atoms with Gasteiger partial charge in [-0.15, -0.1) is 0 Å². The Morgan fingerprint density at radius 1 is 0.654 bits per heavy atom. The van der Waals surface area contributed by atoms with Gasteiger partial charge in [0.15, 0.2) is 0 Å². The molecule has 4 bridgehead atoms. The fraction of sp³-hybridized carbons (Fsp3) is 0.960. The fourth-order valence-electron chi connectivity index (χ4n) is 8.33. The molecule has 0 aromatic carbocycles. The third-order valence-corrected chi connectivity index (χ3v) is 10.2. The lowest BCUT2D eigenvalue weighted by atomic mass is 9.50. The maximum absolute atomic E-state index is 12.8. The van der Waals surface area contributed by atoms with Gasteiger partial charge in [-0.1, -0.05) is 27.7 Å². The van der Waals surface area contributed by atoms with Gasteiger partial charge in [-0.25, -0.2) is 0 Å². The van der Waals surface area contributed by atoms with Crippen LogP contribution in [-0.2, 0) is 4.79 Å². The predicted molar refractivity (Wildman–Crippen MR) is 109 cm³/mol. The Labute approximate surface area is 162 Å². The molecule has 6 aliphatic carbocycles. The van der Waals surface area contributed by atoms with E-state index in [4.69, 9.17) is 0 Å². The molecule has 0 spiro atoms. The number of carbonyl (C=O) groups is 1. The summed E-state index contributed by atoms with van der Waals surface area (Å²) in [5, 5.41) is 0. The van der Waals surface area contributed by atoms with E-state index in [0.29, 0.717) is 16.6 Å². The van der Waals surface area contributed by atoms with Crippen molar-refractivity contribution in [2.45, 2.75) is 105 Å². The molecule has 26 heavy (non-hydrogen) atoms. The van der Waals surface area contributed by atoms with Crippen molar-refractivity contribution in [3.05, 3.63) is 0 Å². The fourth-order valence-corrected chi connectivity index (χ4v) is 8.33. The first-order valence-electron chi connectivity index (χ1n) is 11.8. The Kier molecular flexibility index (Phi) is 5.06. The van der Waals surface area contributed by atoms with Crippen LogP contribution in [0.15, 0.2) is 0 Å². The van der Waals surface area contributed by atoms with Crippen LogP contribution < -0.4 is 0 Å². The van der Waals surface area contributed by atoms with Crippen molar-refractivity contribution >= 4 is 5.78 Å². The van der Waals surface area contributed by atoms with Crippen molar-refractivity contribution < 1.29 is 4.79 Å². The van der Waals surface area contributed by atoms with Crippen LogP contribution in [0.3, 0.4) is 0 Å². The van der Waals surface area contributed by atoms with Crippen LogP contribution in [0.5, 0.6) is 0 Å². The third-order valence-electron chi connectivity index (χ3n) is 10.2. The largest absolute Gasteiger partial charge is 0.300 e. The number of rotatable bonds is 6. The van der Waals surface area contributed by atoms with E-state index in [1.165, 1.54) is 64.2 Å².